The summed E-state index contributed by atoms with van der Waals surface area (Å²) in [7, 11) is 0. The fourth-order valence-corrected chi connectivity index (χ4v) is 2.20. The number of ether oxygens (including phenoxy) is 1. The van der Waals surface area contributed by atoms with Gasteiger partial charge in [-0.2, -0.15) is 5.26 Å². The molecule has 0 saturated heterocycles. The minimum absolute atomic E-state index is 0.0776. The number of benzene rings is 1. The molecule has 20 heavy (non-hydrogen) atoms. The van der Waals surface area contributed by atoms with Crippen LogP contribution in [-0.2, 0) is 10.3 Å². The van der Waals surface area contributed by atoms with Crippen LogP contribution in [0.2, 0.25) is 0 Å². The zero-order chi connectivity index (χ0) is 14.8. The SMILES string of the molecule is [C-]#[N+]/C(C#N)=C1\OC(C)(c2ccccc2)C(C)=C1C#N. The van der Waals surface area contributed by atoms with Gasteiger partial charge in [-0.15, -0.1) is 0 Å². The Kier molecular flexibility index (Phi) is 3.30. The van der Waals surface area contributed by atoms with Gasteiger partial charge in [0, 0.05) is 0 Å². The van der Waals surface area contributed by atoms with Crippen molar-refractivity contribution >= 4 is 0 Å². The molecule has 1 aliphatic rings. The summed E-state index contributed by atoms with van der Waals surface area (Å²) < 4.78 is 5.84. The van der Waals surface area contributed by atoms with Gasteiger partial charge in [0.05, 0.1) is 18.2 Å². The lowest BCUT2D eigenvalue weighted by molar-refractivity contribution is 0.0727. The summed E-state index contributed by atoms with van der Waals surface area (Å²) >= 11 is 0. The van der Waals surface area contributed by atoms with E-state index >= 15 is 0 Å². The van der Waals surface area contributed by atoms with E-state index in [9.17, 15) is 5.26 Å². The summed E-state index contributed by atoms with van der Waals surface area (Å²) in [6.07, 6.45) is 0. The molecular formula is C16H11N3O. The van der Waals surface area contributed by atoms with Crippen LogP contribution in [0, 0.1) is 29.2 Å². The molecule has 1 aromatic carbocycles. The average Bonchev–Trinajstić information content (AvgIpc) is 2.74. The molecule has 0 saturated carbocycles. The van der Waals surface area contributed by atoms with Crippen molar-refractivity contribution in [3.8, 4) is 12.1 Å². The first kappa shape index (κ1) is 13.4. The predicted molar refractivity (Wildman–Crippen MR) is 72.4 cm³/mol. The predicted octanol–water partition coefficient (Wildman–Crippen LogP) is 3.43. The lowest BCUT2D eigenvalue weighted by atomic mass is 9.88. The molecule has 1 aliphatic heterocycles. The Morgan fingerprint density at radius 3 is 2.45 bits per heavy atom. The van der Waals surface area contributed by atoms with Crippen molar-refractivity contribution in [3.63, 3.8) is 0 Å². The maximum atomic E-state index is 9.29. The van der Waals surface area contributed by atoms with E-state index in [2.05, 4.69) is 4.85 Å². The molecule has 1 aromatic rings. The van der Waals surface area contributed by atoms with Gasteiger partial charge in [-0.1, -0.05) is 30.3 Å². The summed E-state index contributed by atoms with van der Waals surface area (Å²) in [4.78, 5) is 3.14. The van der Waals surface area contributed by atoms with E-state index < -0.39 is 5.60 Å². The molecule has 0 aliphatic carbocycles. The van der Waals surface area contributed by atoms with E-state index in [0.717, 1.165) is 5.56 Å². The molecule has 0 spiro atoms. The van der Waals surface area contributed by atoms with Gasteiger partial charge >= 0.3 is 5.70 Å². The molecule has 0 radical (unpaired) electrons. The van der Waals surface area contributed by atoms with Crippen LogP contribution < -0.4 is 0 Å². The van der Waals surface area contributed by atoms with Crippen LogP contribution in [0.15, 0.2) is 52.9 Å². The van der Waals surface area contributed by atoms with Crippen LogP contribution in [-0.4, -0.2) is 0 Å². The Hall–Kier alpha value is -3.03. The highest BCUT2D eigenvalue weighted by Crippen LogP contribution is 2.45. The molecule has 4 heteroatoms. The molecule has 0 aromatic heterocycles. The summed E-state index contributed by atoms with van der Waals surface area (Å²) in [5.41, 5.74) is 0.832. The molecule has 1 heterocycles. The number of hydrogen-bond acceptors (Lipinski definition) is 3. The fourth-order valence-electron chi connectivity index (χ4n) is 2.20. The number of nitriles is 2. The molecule has 1 atom stereocenters. The Morgan fingerprint density at radius 2 is 1.95 bits per heavy atom. The second kappa shape index (κ2) is 4.92. The lowest BCUT2D eigenvalue weighted by Crippen LogP contribution is -2.22. The highest BCUT2D eigenvalue weighted by Gasteiger charge is 2.42. The lowest BCUT2D eigenvalue weighted by Gasteiger charge is -2.27. The van der Waals surface area contributed by atoms with Crippen LogP contribution in [0.1, 0.15) is 19.4 Å². The van der Waals surface area contributed by atoms with E-state index in [1.807, 2.05) is 43.3 Å². The Morgan fingerprint density at radius 1 is 1.30 bits per heavy atom. The minimum atomic E-state index is -0.825. The third kappa shape index (κ3) is 1.83. The van der Waals surface area contributed by atoms with Crippen molar-refractivity contribution in [2.75, 3.05) is 0 Å². The van der Waals surface area contributed by atoms with Crippen molar-refractivity contribution in [3.05, 3.63) is 69.9 Å². The monoisotopic (exact) mass is 261 g/mol. The molecule has 0 fully saturated rings. The first-order valence-electron chi connectivity index (χ1n) is 5.96. The molecule has 0 amide bonds. The fraction of sp³-hybridized carbons (Fsp3) is 0.188. The van der Waals surface area contributed by atoms with E-state index in [1.54, 1.807) is 13.0 Å². The van der Waals surface area contributed by atoms with Gasteiger partial charge in [0.15, 0.2) is 11.4 Å². The standard InChI is InChI=1S/C16H11N3O/c1-11-13(9-17)15(14(10-18)19-3)20-16(11,2)12-7-5-4-6-8-12/h4-8H,1-2H3/b15-14-. The van der Waals surface area contributed by atoms with Crippen molar-refractivity contribution < 1.29 is 4.74 Å². The van der Waals surface area contributed by atoms with Gasteiger partial charge in [0.1, 0.15) is 6.07 Å². The molecule has 1 unspecified atom stereocenters. The third-order valence-electron chi connectivity index (χ3n) is 3.49. The van der Waals surface area contributed by atoms with Crippen LogP contribution in [0.5, 0.6) is 0 Å². The third-order valence-corrected chi connectivity index (χ3v) is 3.49. The van der Waals surface area contributed by atoms with Gasteiger partial charge in [-0.3, -0.25) is 0 Å². The van der Waals surface area contributed by atoms with Crippen LogP contribution in [0.4, 0.5) is 0 Å². The van der Waals surface area contributed by atoms with Gasteiger partial charge < -0.3 is 4.74 Å². The molecular weight excluding hydrogens is 250 g/mol. The summed E-state index contributed by atoms with van der Waals surface area (Å²) in [5.74, 6) is 0.0776. The minimum Gasteiger partial charge on any atom is -0.487 e. The zero-order valence-electron chi connectivity index (χ0n) is 11.1. The van der Waals surface area contributed by atoms with Crippen LogP contribution >= 0.6 is 0 Å². The van der Waals surface area contributed by atoms with E-state index in [1.165, 1.54) is 0 Å². The van der Waals surface area contributed by atoms with Crippen LogP contribution in [0.3, 0.4) is 0 Å². The van der Waals surface area contributed by atoms with Gasteiger partial charge in [-0.25, -0.2) is 10.1 Å². The highest BCUT2D eigenvalue weighted by atomic mass is 16.5. The second-order valence-corrected chi connectivity index (χ2v) is 4.51. The molecule has 4 nitrogen and oxygen atoms in total. The van der Waals surface area contributed by atoms with Crippen molar-refractivity contribution in [1.29, 1.82) is 10.5 Å². The smallest absolute Gasteiger partial charge is 0.304 e. The van der Waals surface area contributed by atoms with Gasteiger partial charge in [-0.05, 0) is 25.0 Å². The van der Waals surface area contributed by atoms with Gasteiger partial charge in [0.2, 0.25) is 0 Å². The van der Waals surface area contributed by atoms with Gasteiger partial charge in [0.25, 0.3) is 0 Å². The molecule has 96 valence electrons. The van der Waals surface area contributed by atoms with E-state index in [-0.39, 0.29) is 17.0 Å². The number of allylic oxidation sites excluding steroid dienone is 2. The maximum absolute atomic E-state index is 9.29. The topological polar surface area (TPSA) is 61.2 Å². The normalized spacial score (nSPS) is 23.4. The average molecular weight is 261 g/mol. The summed E-state index contributed by atoms with van der Waals surface area (Å²) in [6, 6.07) is 13.3. The largest absolute Gasteiger partial charge is 0.487 e. The zero-order valence-corrected chi connectivity index (χ0v) is 11.1. The van der Waals surface area contributed by atoms with Crippen molar-refractivity contribution in [2.45, 2.75) is 19.4 Å². The van der Waals surface area contributed by atoms with E-state index in [4.69, 9.17) is 16.6 Å². The number of nitrogens with zero attached hydrogens (tertiary/aromatic N) is 3. The molecule has 0 N–H and O–H groups in total. The first-order chi connectivity index (χ1) is 9.58. The first-order valence-corrected chi connectivity index (χ1v) is 5.96. The molecule has 0 bridgehead atoms. The second-order valence-electron chi connectivity index (χ2n) is 4.51. The molecule has 2 rings (SSSR count). The maximum Gasteiger partial charge on any atom is 0.304 e. The Balaban J connectivity index is 2.68. The Labute approximate surface area is 117 Å². The number of rotatable bonds is 1. The van der Waals surface area contributed by atoms with Crippen LogP contribution in [0.25, 0.3) is 4.85 Å². The van der Waals surface area contributed by atoms with E-state index in [0.29, 0.717) is 5.57 Å². The highest BCUT2D eigenvalue weighted by molar-refractivity contribution is 5.56. The Bertz CT molecular complexity index is 723. The summed E-state index contributed by atoms with van der Waals surface area (Å²) in [6.45, 7) is 10.6. The quantitative estimate of drug-likeness (QED) is 0.574. The van der Waals surface area contributed by atoms with Crippen molar-refractivity contribution in [2.24, 2.45) is 0 Å². The summed E-state index contributed by atoms with van der Waals surface area (Å²) in [5, 5.41) is 18.3. The number of hydrogen-bond donors (Lipinski definition) is 0. The van der Waals surface area contributed by atoms with Crippen molar-refractivity contribution in [1.82, 2.24) is 0 Å².